The van der Waals surface area contributed by atoms with Crippen LogP contribution in [0, 0.1) is 0 Å². The lowest BCUT2D eigenvalue weighted by Gasteiger charge is -2.40. The van der Waals surface area contributed by atoms with E-state index >= 15 is 0 Å². The van der Waals surface area contributed by atoms with E-state index in [0.717, 1.165) is 18.4 Å². The summed E-state index contributed by atoms with van der Waals surface area (Å²) < 4.78 is 5.16. The quantitative estimate of drug-likeness (QED) is 0.897. The van der Waals surface area contributed by atoms with E-state index in [9.17, 15) is 5.11 Å². The lowest BCUT2D eigenvalue weighted by Crippen LogP contribution is -2.48. The molecule has 1 fully saturated rings. The molecule has 2 rings (SSSR count). The fourth-order valence-corrected chi connectivity index (χ4v) is 3.21. The minimum Gasteiger partial charge on any atom is -0.504 e. The van der Waals surface area contributed by atoms with Crippen molar-refractivity contribution in [2.45, 2.75) is 44.8 Å². The van der Waals surface area contributed by atoms with Crippen LogP contribution in [-0.4, -0.2) is 35.7 Å². The molecule has 4 nitrogen and oxygen atoms in total. The Labute approximate surface area is 125 Å². The highest BCUT2D eigenvalue weighted by Gasteiger charge is 2.28. The SMILES string of the molecule is COc1cc(Cl)cc(CN2C(C)CCCC2CN)c1O. The maximum Gasteiger partial charge on any atom is 0.162 e. The molecular weight excluding hydrogens is 276 g/mol. The summed E-state index contributed by atoms with van der Waals surface area (Å²) in [7, 11) is 1.53. The van der Waals surface area contributed by atoms with Crippen LogP contribution in [0.3, 0.4) is 0 Å². The van der Waals surface area contributed by atoms with Gasteiger partial charge in [0.2, 0.25) is 0 Å². The molecule has 1 aromatic carbocycles. The molecule has 5 heteroatoms. The minimum atomic E-state index is 0.172. The summed E-state index contributed by atoms with van der Waals surface area (Å²) >= 11 is 6.09. The summed E-state index contributed by atoms with van der Waals surface area (Å²) in [5, 5.41) is 10.8. The monoisotopic (exact) mass is 298 g/mol. The first-order valence-electron chi connectivity index (χ1n) is 7.08. The van der Waals surface area contributed by atoms with Crippen molar-refractivity contribution in [3.63, 3.8) is 0 Å². The number of methoxy groups -OCH3 is 1. The number of likely N-dealkylation sites (tertiary alicyclic amines) is 1. The number of halogens is 1. The zero-order valence-corrected chi connectivity index (χ0v) is 12.9. The molecule has 1 aliphatic rings. The molecule has 0 aromatic heterocycles. The molecule has 3 N–H and O–H groups in total. The number of ether oxygens (including phenoxy) is 1. The zero-order chi connectivity index (χ0) is 14.7. The van der Waals surface area contributed by atoms with Crippen LogP contribution in [0.1, 0.15) is 31.7 Å². The largest absolute Gasteiger partial charge is 0.504 e. The molecule has 0 amide bonds. The second-order valence-electron chi connectivity index (χ2n) is 5.46. The van der Waals surface area contributed by atoms with Crippen molar-refractivity contribution in [3.8, 4) is 11.5 Å². The van der Waals surface area contributed by atoms with Crippen molar-refractivity contribution in [3.05, 3.63) is 22.7 Å². The van der Waals surface area contributed by atoms with E-state index in [1.54, 1.807) is 12.1 Å². The van der Waals surface area contributed by atoms with E-state index in [-0.39, 0.29) is 5.75 Å². The summed E-state index contributed by atoms with van der Waals surface area (Å²) in [6, 6.07) is 4.25. The number of aromatic hydroxyl groups is 1. The van der Waals surface area contributed by atoms with E-state index in [1.807, 2.05) is 0 Å². The predicted molar refractivity (Wildman–Crippen MR) is 81.4 cm³/mol. The second kappa shape index (κ2) is 6.66. The first-order valence-corrected chi connectivity index (χ1v) is 7.45. The third-order valence-electron chi connectivity index (χ3n) is 4.16. The number of rotatable bonds is 4. The number of phenols is 1. The molecule has 2 unspecified atom stereocenters. The number of benzene rings is 1. The smallest absolute Gasteiger partial charge is 0.162 e. The molecule has 112 valence electrons. The van der Waals surface area contributed by atoms with Gasteiger partial charge in [-0.2, -0.15) is 0 Å². The normalized spacial score (nSPS) is 23.8. The van der Waals surface area contributed by atoms with Gasteiger partial charge in [0.05, 0.1) is 7.11 Å². The Balaban J connectivity index is 2.25. The Morgan fingerprint density at radius 1 is 1.45 bits per heavy atom. The van der Waals surface area contributed by atoms with Gasteiger partial charge in [0.25, 0.3) is 0 Å². The van der Waals surface area contributed by atoms with E-state index in [4.69, 9.17) is 22.1 Å². The fraction of sp³-hybridized carbons (Fsp3) is 0.600. The number of piperidine rings is 1. The Morgan fingerprint density at radius 3 is 2.85 bits per heavy atom. The topological polar surface area (TPSA) is 58.7 Å². The van der Waals surface area contributed by atoms with Crippen molar-refractivity contribution >= 4 is 11.6 Å². The van der Waals surface area contributed by atoms with Gasteiger partial charge in [0.1, 0.15) is 0 Å². The van der Waals surface area contributed by atoms with Crippen LogP contribution >= 0.6 is 11.6 Å². The Kier molecular flexibility index (Phi) is 5.13. The number of nitrogens with zero attached hydrogens (tertiary/aromatic N) is 1. The van der Waals surface area contributed by atoms with Crippen molar-refractivity contribution in [2.75, 3.05) is 13.7 Å². The standard InChI is InChI=1S/C15H23ClN2O2/c1-10-4-3-5-13(8-17)18(10)9-11-6-12(16)7-14(20-2)15(11)19/h6-7,10,13,19H,3-5,8-9,17H2,1-2H3. The second-order valence-corrected chi connectivity index (χ2v) is 5.89. The minimum absolute atomic E-state index is 0.172. The molecule has 0 spiro atoms. The van der Waals surface area contributed by atoms with Crippen molar-refractivity contribution in [1.29, 1.82) is 0 Å². The van der Waals surface area contributed by atoms with E-state index < -0.39 is 0 Å². The highest BCUT2D eigenvalue weighted by Crippen LogP contribution is 2.35. The number of hydrogen-bond acceptors (Lipinski definition) is 4. The lowest BCUT2D eigenvalue weighted by atomic mass is 9.95. The van der Waals surface area contributed by atoms with Gasteiger partial charge in [-0.1, -0.05) is 18.0 Å². The van der Waals surface area contributed by atoms with Crippen molar-refractivity contribution in [1.82, 2.24) is 4.90 Å². The van der Waals surface area contributed by atoms with Gasteiger partial charge in [-0.3, -0.25) is 4.90 Å². The van der Waals surface area contributed by atoms with Crippen LogP contribution in [0.2, 0.25) is 5.02 Å². The first-order chi connectivity index (χ1) is 9.56. The summed E-state index contributed by atoms with van der Waals surface area (Å²) in [5.41, 5.74) is 6.67. The van der Waals surface area contributed by atoms with E-state index in [1.165, 1.54) is 13.5 Å². The van der Waals surface area contributed by atoms with Crippen LogP contribution < -0.4 is 10.5 Å². The van der Waals surface area contributed by atoms with Gasteiger partial charge in [-0.25, -0.2) is 0 Å². The molecule has 1 heterocycles. The first kappa shape index (κ1) is 15.4. The van der Waals surface area contributed by atoms with Gasteiger partial charge in [0.15, 0.2) is 11.5 Å². The summed E-state index contributed by atoms with van der Waals surface area (Å²) in [6.07, 6.45) is 3.48. The van der Waals surface area contributed by atoms with Gasteiger partial charge in [0, 0.05) is 41.8 Å². The summed E-state index contributed by atoms with van der Waals surface area (Å²) in [6.45, 7) is 3.50. The lowest BCUT2D eigenvalue weighted by molar-refractivity contribution is 0.0882. The molecule has 1 saturated heterocycles. The Bertz CT molecular complexity index is 467. The Hall–Kier alpha value is -0.970. The predicted octanol–water partition coefficient (Wildman–Crippen LogP) is 2.76. The van der Waals surface area contributed by atoms with Crippen LogP contribution in [-0.2, 0) is 6.54 Å². The van der Waals surface area contributed by atoms with Crippen LogP contribution in [0.15, 0.2) is 12.1 Å². The summed E-state index contributed by atoms with van der Waals surface area (Å²) in [5.74, 6) is 0.590. The number of hydrogen-bond donors (Lipinski definition) is 2. The summed E-state index contributed by atoms with van der Waals surface area (Å²) in [4.78, 5) is 2.36. The van der Waals surface area contributed by atoms with Crippen molar-refractivity contribution < 1.29 is 9.84 Å². The van der Waals surface area contributed by atoms with Crippen LogP contribution in [0.25, 0.3) is 0 Å². The molecule has 0 saturated carbocycles. The van der Waals surface area contributed by atoms with E-state index in [0.29, 0.717) is 35.9 Å². The highest BCUT2D eigenvalue weighted by atomic mass is 35.5. The highest BCUT2D eigenvalue weighted by molar-refractivity contribution is 6.30. The molecule has 0 aliphatic carbocycles. The average Bonchev–Trinajstić information content (AvgIpc) is 2.44. The fourth-order valence-electron chi connectivity index (χ4n) is 2.98. The third kappa shape index (κ3) is 3.19. The third-order valence-corrected chi connectivity index (χ3v) is 4.38. The van der Waals surface area contributed by atoms with E-state index in [2.05, 4.69) is 11.8 Å². The van der Waals surface area contributed by atoms with Gasteiger partial charge in [-0.15, -0.1) is 0 Å². The molecular formula is C15H23ClN2O2. The zero-order valence-electron chi connectivity index (χ0n) is 12.1. The number of nitrogens with two attached hydrogens (primary N) is 1. The molecule has 1 aliphatic heterocycles. The van der Waals surface area contributed by atoms with Crippen LogP contribution in [0.4, 0.5) is 0 Å². The molecule has 0 radical (unpaired) electrons. The maximum atomic E-state index is 10.2. The Morgan fingerprint density at radius 2 is 2.20 bits per heavy atom. The number of phenolic OH excluding ortho intramolecular Hbond substituents is 1. The van der Waals surface area contributed by atoms with Gasteiger partial charge in [-0.05, 0) is 25.8 Å². The molecule has 1 aromatic rings. The molecule has 0 bridgehead atoms. The van der Waals surface area contributed by atoms with Crippen molar-refractivity contribution in [2.24, 2.45) is 5.73 Å². The average molecular weight is 299 g/mol. The molecule has 20 heavy (non-hydrogen) atoms. The maximum absolute atomic E-state index is 10.2. The molecule has 2 atom stereocenters. The van der Waals surface area contributed by atoms with Crippen LogP contribution in [0.5, 0.6) is 11.5 Å². The van der Waals surface area contributed by atoms with Gasteiger partial charge >= 0.3 is 0 Å². The van der Waals surface area contributed by atoms with Gasteiger partial charge < -0.3 is 15.6 Å².